The lowest BCUT2D eigenvalue weighted by Gasteiger charge is -2.03. The Kier molecular flexibility index (Phi) is 7.74. The summed E-state index contributed by atoms with van der Waals surface area (Å²) in [4.78, 5) is 29.5. The maximum absolute atomic E-state index is 12.0. The van der Waals surface area contributed by atoms with Gasteiger partial charge < -0.3 is 10.1 Å². The lowest BCUT2D eigenvalue weighted by molar-refractivity contribution is -0.116. The second kappa shape index (κ2) is 9.79. The van der Waals surface area contributed by atoms with E-state index < -0.39 is 5.97 Å². The first-order chi connectivity index (χ1) is 12.0. The summed E-state index contributed by atoms with van der Waals surface area (Å²) in [6.07, 6.45) is 1.14. The van der Waals surface area contributed by atoms with Crippen LogP contribution in [0.5, 0.6) is 0 Å². The maximum atomic E-state index is 12.0. The fraction of sp³-hybridized carbons (Fsp3) is 0.353. The summed E-state index contributed by atoms with van der Waals surface area (Å²) in [7, 11) is 0. The Bertz CT molecular complexity index is 732. The van der Waals surface area contributed by atoms with E-state index in [1.165, 1.54) is 0 Å². The molecular formula is C17H19ClN2O3S2. The van der Waals surface area contributed by atoms with Gasteiger partial charge in [-0.3, -0.25) is 4.79 Å². The number of esters is 1. The molecule has 0 saturated carbocycles. The molecule has 0 aliphatic carbocycles. The number of nitrogens with zero attached hydrogens (tertiary/aromatic N) is 1. The van der Waals surface area contributed by atoms with Crippen LogP contribution in [-0.2, 0) is 9.53 Å². The third-order valence-corrected chi connectivity index (χ3v) is 5.54. The van der Waals surface area contributed by atoms with Crippen LogP contribution < -0.4 is 5.32 Å². The number of anilines is 1. The minimum atomic E-state index is -0.405. The molecule has 0 atom stereocenters. The number of aromatic nitrogens is 1. The first kappa shape index (κ1) is 19.8. The number of benzene rings is 1. The van der Waals surface area contributed by atoms with Gasteiger partial charge in [-0.15, -0.1) is 11.8 Å². The van der Waals surface area contributed by atoms with E-state index in [9.17, 15) is 9.59 Å². The molecule has 25 heavy (non-hydrogen) atoms. The van der Waals surface area contributed by atoms with Gasteiger partial charge in [0.1, 0.15) is 4.88 Å². The molecule has 0 aliphatic heterocycles. The van der Waals surface area contributed by atoms with Crippen LogP contribution in [0.3, 0.4) is 0 Å². The van der Waals surface area contributed by atoms with Crippen molar-refractivity contribution in [3.8, 4) is 0 Å². The molecular weight excluding hydrogens is 380 g/mol. The van der Waals surface area contributed by atoms with E-state index in [1.54, 1.807) is 25.6 Å². The lowest BCUT2D eigenvalue weighted by atomic mass is 10.3. The van der Waals surface area contributed by atoms with Crippen LogP contribution in [0.1, 0.15) is 35.1 Å². The van der Waals surface area contributed by atoms with Gasteiger partial charge in [0.15, 0.2) is 5.13 Å². The van der Waals surface area contributed by atoms with Crippen molar-refractivity contribution in [3.05, 3.63) is 39.9 Å². The van der Waals surface area contributed by atoms with Crippen LogP contribution in [0.4, 0.5) is 5.13 Å². The zero-order valence-corrected chi connectivity index (χ0v) is 16.4. The zero-order valence-electron chi connectivity index (χ0n) is 14.0. The van der Waals surface area contributed by atoms with Gasteiger partial charge in [0.25, 0.3) is 0 Å². The number of hydrogen-bond donors (Lipinski definition) is 1. The molecule has 0 unspecified atom stereocenters. The third kappa shape index (κ3) is 6.34. The molecule has 0 aliphatic rings. The summed E-state index contributed by atoms with van der Waals surface area (Å²) in [6, 6.07) is 7.62. The Labute approximate surface area is 160 Å². The van der Waals surface area contributed by atoms with Gasteiger partial charge in [0.05, 0.1) is 12.3 Å². The van der Waals surface area contributed by atoms with Crippen molar-refractivity contribution >= 4 is 51.7 Å². The minimum Gasteiger partial charge on any atom is -0.462 e. The van der Waals surface area contributed by atoms with Gasteiger partial charge in [-0.2, -0.15) is 0 Å². The van der Waals surface area contributed by atoms with E-state index in [4.69, 9.17) is 16.3 Å². The molecule has 0 spiro atoms. The fourth-order valence-corrected chi connectivity index (χ4v) is 3.83. The number of halogens is 1. The second-order valence-electron chi connectivity index (χ2n) is 5.11. The van der Waals surface area contributed by atoms with Crippen molar-refractivity contribution in [2.24, 2.45) is 0 Å². The minimum absolute atomic E-state index is 0.110. The van der Waals surface area contributed by atoms with Crippen LogP contribution in [0.25, 0.3) is 0 Å². The van der Waals surface area contributed by atoms with Gasteiger partial charge in [-0.05, 0) is 50.3 Å². The molecule has 0 fully saturated rings. The largest absolute Gasteiger partial charge is 0.462 e. The van der Waals surface area contributed by atoms with Crippen LogP contribution in [0.2, 0.25) is 5.02 Å². The van der Waals surface area contributed by atoms with Crippen LogP contribution in [0, 0.1) is 6.92 Å². The summed E-state index contributed by atoms with van der Waals surface area (Å²) >= 11 is 8.66. The van der Waals surface area contributed by atoms with E-state index in [-0.39, 0.29) is 5.91 Å². The highest BCUT2D eigenvalue weighted by Gasteiger charge is 2.17. The van der Waals surface area contributed by atoms with Crippen LogP contribution in [-0.4, -0.2) is 29.2 Å². The SMILES string of the molecule is CCOC(=O)c1sc(NC(=O)CCCSc2ccc(Cl)cc2)nc1C. The molecule has 0 saturated heterocycles. The second-order valence-corrected chi connectivity index (χ2v) is 7.71. The Morgan fingerprint density at radius 2 is 2.04 bits per heavy atom. The summed E-state index contributed by atoms with van der Waals surface area (Å²) in [5.41, 5.74) is 0.567. The van der Waals surface area contributed by atoms with Crippen molar-refractivity contribution in [2.45, 2.75) is 31.6 Å². The van der Waals surface area contributed by atoms with E-state index in [0.29, 0.717) is 33.8 Å². The molecule has 5 nitrogen and oxygen atoms in total. The number of ether oxygens (including phenoxy) is 1. The average molecular weight is 399 g/mol. The number of hydrogen-bond acceptors (Lipinski definition) is 6. The van der Waals surface area contributed by atoms with Crippen molar-refractivity contribution in [3.63, 3.8) is 0 Å². The Hall–Kier alpha value is -1.57. The monoisotopic (exact) mass is 398 g/mol. The number of thiazole rings is 1. The molecule has 0 radical (unpaired) electrons. The first-order valence-electron chi connectivity index (χ1n) is 7.82. The molecule has 1 N–H and O–H groups in total. The number of nitrogens with one attached hydrogen (secondary N) is 1. The van der Waals surface area contributed by atoms with E-state index in [1.807, 2.05) is 24.3 Å². The molecule has 2 rings (SSSR count). The van der Waals surface area contributed by atoms with E-state index >= 15 is 0 Å². The van der Waals surface area contributed by atoms with Crippen LogP contribution in [0.15, 0.2) is 29.2 Å². The molecule has 2 aromatic rings. The summed E-state index contributed by atoms with van der Waals surface area (Å²) in [6.45, 7) is 3.78. The summed E-state index contributed by atoms with van der Waals surface area (Å²) < 4.78 is 4.96. The fourth-order valence-electron chi connectivity index (χ4n) is 1.97. The normalized spacial score (nSPS) is 10.5. The number of carbonyl (C=O) groups is 2. The summed E-state index contributed by atoms with van der Waals surface area (Å²) in [5, 5.41) is 3.88. The molecule has 8 heteroatoms. The Balaban J connectivity index is 1.75. The average Bonchev–Trinajstić information content (AvgIpc) is 2.94. The predicted molar refractivity (Wildman–Crippen MR) is 103 cm³/mol. The van der Waals surface area contributed by atoms with Gasteiger partial charge in [-0.1, -0.05) is 22.9 Å². The Morgan fingerprint density at radius 3 is 2.72 bits per heavy atom. The van der Waals surface area contributed by atoms with Gasteiger partial charge in [-0.25, -0.2) is 9.78 Å². The first-order valence-corrected chi connectivity index (χ1v) is 10.0. The van der Waals surface area contributed by atoms with Gasteiger partial charge in [0, 0.05) is 16.3 Å². The smallest absolute Gasteiger partial charge is 0.350 e. The summed E-state index contributed by atoms with van der Waals surface area (Å²) in [5.74, 6) is 0.318. The number of amides is 1. The molecule has 1 aromatic carbocycles. The van der Waals surface area contributed by atoms with Crippen molar-refractivity contribution in [1.82, 2.24) is 4.98 Å². The third-order valence-electron chi connectivity index (χ3n) is 3.13. The van der Waals surface area contributed by atoms with Gasteiger partial charge in [0.2, 0.25) is 5.91 Å². The number of rotatable bonds is 8. The number of carbonyl (C=O) groups excluding carboxylic acids is 2. The molecule has 1 aromatic heterocycles. The molecule has 0 bridgehead atoms. The van der Waals surface area contributed by atoms with Crippen molar-refractivity contribution in [1.29, 1.82) is 0 Å². The van der Waals surface area contributed by atoms with Gasteiger partial charge >= 0.3 is 5.97 Å². The van der Waals surface area contributed by atoms with Crippen molar-refractivity contribution in [2.75, 3.05) is 17.7 Å². The predicted octanol–water partition coefficient (Wildman–Crippen LogP) is 4.79. The van der Waals surface area contributed by atoms with Crippen LogP contribution >= 0.6 is 34.7 Å². The molecule has 1 amide bonds. The number of thioether (sulfide) groups is 1. The standard InChI is InChI=1S/C17H19ClN2O3S2/c1-3-23-16(22)15-11(2)19-17(25-15)20-14(21)5-4-10-24-13-8-6-12(18)7-9-13/h6-9H,3-5,10H2,1-2H3,(H,19,20,21). The quantitative estimate of drug-likeness (QED) is 0.393. The Morgan fingerprint density at radius 1 is 1.32 bits per heavy atom. The number of aryl methyl sites for hydroxylation is 1. The highest BCUT2D eigenvalue weighted by Crippen LogP contribution is 2.24. The zero-order chi connectivity index (χ0) is 18.2. The molecule has 1 heterocycles. The lowest BCUT2D eigenvalue weighted by Crippen LogP contribution is -2.11. The topological polar surface area (TPSA) is 68.3 Å². The maximum Gasteiger partial charge on any atom is 0.350 e. The molecule has 134 valence electrons. The van der Waals surface area contributed by atoms with E-state index in [2.05, 4.69) is 10.3 Å². The van der Waals surface area contributed by atoms with Crippen molar-refractivity contribution < 1.29 is 14.3 Å². The highest BCUT2D eigenvalue weighted by atomic mass is 35.5. The van der Waals surface area contributed by atoms with E-state index in [0.717, 1.165) is 28.4 Å². The highest BCUT2D eigenvalue weighted by molar-refractivity contribution is 7.99.